The lowest BCUT2D eigenvalue weighted by molar-refractivity contribution is -0.135. The summed E-state index contributed by atoms with van der Waals surface area (Å²) in [5.74, 6) is 3.67. The van der Waals surface area contributed by atoms with Gasteiger partial charge in [-0.15, -0.1) is 0 Å². The van der Waals surface area contributed by atoms with Crippen molar-refractivity contribution in [2.45, 2.75) is 103 Å². The monoisotopic (exact) mass is 1000 g/mol. The third kappa shape index (κ3) is 12.0. The number of alkyl carbamates (subject to hydrolysis) is 2. The van der Waals surface area contributed by atoms with Gasteiger partial charge in [-0.25, -0.2) is 19.6 Å². The van der Waals surface area contributed by atoms with E-state index in [0.29, 0.717) is 31.8 Å². The number of methoxy groups -OCH3 is 2. The Kier molecular flexibility index (Phi) is 16.9. The summed E-state index contributed by atoms with van der Waals surface area (Å²) in [7, 11) is 2.63. The number of allylic oxidation sites excluding steroid dienone is 4. The number of ether oxygens (including phenoxy) is 2. The summed E-state index contributed by atoms with van der Waals surface area (Å²) < 4.78 is 9.74. The predicted octanol–water partition coefficient (Wildman–Crippen LogP) is 10.4. The van der Waals surface area contributed by atoms with Gasteiger partial charge >= 0.3 is 12.2 Å². The minimum absolute atomic E-state index is 0.111. The van der Waals surface area contributed by atoms with Gasteiger partial charge in [-0.2, -0.15) is 23.5 Å². The Balaban J connectivity index is 1.03. The molecule has 4 amide bonds. The molecule has 378 valence electrons. The van der Waals surface area contributed by atoms with Crippen LogP contribution in [-0.4, -0.2) is 117 Å². The number of carbonyl (C=O) groups is 4. The number of rotatable bonds is 14. The number of aromatic nitrogens is 4. The second-order valence-corrected chi connectivity index (χ2v) is 21.8. The number of hydrogen-bond donors (Lipinski definition) is 4. The largest absolute Gasteiger partial charge is 0.453 e. The van der Waals surface area contributed by atoms with E-state index in [1.807, 2.05) is 22.3 Å². The smallest absolute Gasteiger partial charge is 0.407 e. The molecule has 2 bridgehead atoms. The fraction of sp³-hybridized carbons (Fsp3) is 0.491. The van der Waals surface area contributed by atoms with Gasteiger partial charge in [0, 0.05) is 13.1 Å². The average molecular weight is 1000 g/mol. The molecule has 0 radical (unpaired) electrons. The summed E-state index contributed by atoms with van der Waals surface area (Å²) in [5, 5.41) is 5.56. The van der Waals surface area contributed by atoms with E-state index in [9.17, 15) is 19.2 Å². The normalized spacial score (nSPS) is 22.5. The van der Waals surface area contributed by atoms with Crippen molar-refractivity contribution >= 4 is 75.2 Å². The maximum Gasteiger partial charge on any atom is 0.407 e. The molecule has 3 aromatic carbocycles. The van der Waals surface area contributed by atoms with Gasteiger partial charge < -0.3 is 39.9 Å². The molecule has 2 aromatic heterocycles. The molecule has 16 heteroatoms. The number of carbonyl (C=O) groups excluding carboxylic acids is 4. The van der Waals surface area contributed by atoms with Crippen molar-refractivity contribution in [1.82, 2.24) is 40.4 Å². The number of likely N-dealkylation sites (tertiary alicyclic amines) is 2. The number of amides is 4. The fourth-order valence-electron chi connectivity index (χ4n) is 10.5. The molecular formula is C55H70N8O6S2. The first-order valence-electron chi connectivity index (χ1n) is 25.0. The van der Waals surface area contributed by atoms with Crippen LogP contribution in [0, 0.1) is 17.8 Å². The summed E-state index contributed by atoms with van der Waals surface area (Å²) >= 11 is 3.28. The maximum absolute atomic E-state index is 14.0. The van der Waals surface area contributed by atoms with Crippen molar-refractivity contribution in [1.29, 1.82) is 0 Å². The molecule has 4 heterocycles. The molecular weight excluding hydrogens is 933 g/mol. The Morgan fingerprint density at radius 1 is 0.732 bits per heavy atom. The number of thioether (sulfide) groups is 2. The number of hydrogen-bond acceptors (Lipinski definition) is 10. The zero-order valence-electron chi connectivity index (χ0n) is 42.4. The number of benzene rings is 3. The molecule has 2 saturated heterocycles. The van der Waals surface area contributed by atoms with Crippen LogP contribution in [0.25, 0.3) is 38.8 Å². The molecule has 4 aliphatic rings. The molecule has 71 heavy (non-hydrogen) atoms. The lowest BCUT2D eigenvalue weighted by Crippen LogP contribution is -2.49. The minimum Gasteiger partial charge on any atom is -0.453 e. The molecule has 5 aromatic rings. The number of imidazole rings is 2. The zero-order chi connectivity index (χ0) is 50.3. The number of H-pyrrole nitrogens is 2. The molecule has 0 unspecified atom stereocenters. The third-order valence-electron chi connectivity index (χ3n) is 14.6. The predicted molar refractivity (Wildman–Crippen MR) is 286 cm³/mol. The van der Waals surface area contributed by atoms with E-state index in [1.165, 1.54) is 42.1 Å². The van der Waals surface area contributed by atoms with Crippen LogP contribution in [0.5, 0.6) is 0 Å². The molecule has 2 aliphatic carbocycles. The number of aryl methyl sites for hydroxylation is 2. The quantitative estimate of drug-likeness (QED) is 0.0838. The van der Waals surface area contributed by atoms with Crippen LogP contribution in [0.2, 0.25) is 0 Å². The van der Waals surface area contributed by atoms with Crippen LogP contribution in [-0.2, 0) is 31.9 Å². The fourth-order valence-corrected chi connectivity index (χ4v) is 11.5. The topological polar surface area (TPSA) is 175 Å². The Morgan fingerprint density at radius 2 is 1.30 bits per heavy atom. The van der Waals surface area contributed by atoms with E-state index in [0.717, 1.165) is 94.9 Å². The number of fused-ring (bicyclic) bond motifs is 10. The highest BCUT2D eigenvalue weighted by Gasteiger charge is 2.41. The molecule has 2 aliphatic heterocycles. The van der Waals surface area contributed by atoms with Crippen molar-refractivity contribution in [2.75, 3.05) is 51.3 Å². The standard InChI is InChI=1S/C55H70N8O6S2/c1-32-9-13-37(35(4)39-17-19-42-46(28-39)58-50(56-42)48-25-33(2)30-62(48)52(64)44(21-23-70-7)60-54(66)68-5)15-11-36-12-16-38(14-10-32)41(27-36)40-18-20-43-47(29-40)59-51(57-43)49-26-34(3)31-63(49)53(65)45(22-24-71-8)61-55(67)69-6/h9,12-13,16-20,27-29,32-34,44-45,48-49H,10-11,14-15,21-26,30-31H2,1-8H3,(H,56,58)(H,57,59)(H,60,66)(H,61,67)/b13-9-,37-35-/t32-,33+,34+,44-,45-,48-,49-/m0/s1. The highest BCUT2D eigenvalue weighted by molar-refractivity contribution is 7.98. The summed E-state index contributed by atoms with van der Waals surface area (Å²) in [6.45, 7) is 10.00. The number of aromatic amines is 2. The van der Waals surface area contributed by atoms with Crippen LogP contribution in [0.15, 0.2) is 72.3 Å². The van der Waals surface area contributed by atoms with Crippen LogP contribution in [0.1, 0.15) is 107 Å². The zero-order valence-corrected chi connectivity index (χ0v) is 44.1. The summed E-state index contributed by atoms with van der Waals surface area (Å²) in [5.41, 5.74) is 12.1. The van der Waals surface area contributed by atoms with Gasteiger partial charge in [-0.3, -0.25) is 9.59 Å². The molecule has 14 nitrogen and oxygen atoms in total. The second-order valence-electron chi connectivity index (χ2n) is 19.9. The van der Waals surface area contributed by atoms with Crippen molar-refractivity contribution in [2.24, 2.45) is 17.8 Å². The molecule has 2 fully saturated rings. The van der Waals surface area contributed by atoms with Gasteiger partial charge in [-0.1, -0.05) is 63.3 Å². The lowest BCUT2D eigenvalue weighted by Gasteiger charge is -2.28. The van der Waals surface area contributed by atoms with Crippen molar-refractivity contribution < 1.29 is 28.7 Å². The molecule has 4 N–H and O–H groups in total. The SMILES string of the molecule is COC(=O)N[C@@H](CCSC)C(=O)N1C[C@H](C)C[C@H]1c1nc2ccc(/C(C)=C3/C=C\[C@H](C)CCc4ccc(cc4-c4ccc5nc([C@@H]6C[C@@H](C)CN6C(=O)[C@H](CCSC)NC(=O)OC)[nH]c5c4)CC3)cc2[nH]1. The highest BCUT2D eigenvalue weighted by Crippen LogP contribution is 2.39. The van der Waals surface area contributed by atoms with Crippen molar-refractivity contribution in [3.8, 4) is 11.1 Å². The van der Waals surface area contributed by atoms with E-state index in [1.54, 1.807) is 23.5 Å². The van der Waals surface area contributed by atoms with Gasteiger partial charge in [0.05, 0.1) is 48.4 Å². The average Bonchev–Trinajstić information content (AvgIpc) is 4.18. The van der Waals surface area contributed by atoms with Gasteiger partial charge in [0.1, 0.15) is 23.7 Å². The van der Waals surface area contributed by atoms with Crippen molar-refractivity contribution in [3.63, 3.8) is 0 Å². The minimum atomic E-state index is -0.675. The van der Waals surface area contributed by atoms with Gasteiger partial charge in [0.25, 0.3) is 0 Å². The third-order valence-corrected chi connectivity index (χ3v) is 15.9. The first-order chi connectivity index (χ1) is 34.3. The van der Waals surface area contributed by atoms with E-state index in [2.05, 4.69) is 115 Å². The summed E-state index contributed by atoms with van der Waals surface area (Å²) in [6, 6.07) is 18.0. The van der Waals surface area contributed by atoms with E-state index in [4.69, 9.17) is 19.4 Å². The molecule has 9 rings (SSSR count). The van der Waals surface area contributed by atoms with E-state index < -0.39 is 24.3 Å². The number of nitrogens with one attached hydrogen (secondary N) is 4. The van der Waals surface area contributed by atoms with Crippen LogP contribution < -0.4 is 10.6 Å². The molecule has 7 atom stereocenters. The summed E-state index contributed by atoms with van der Waals surface area (Å²) in [6.07, 6.45) is 13.7. The Morgan fingerprint density at radius 3 is 1.86 bits per heavy atom. The molecule has 0 spiro atoms. The molecule has 0 saturated carbocycles. The maximum atomic E-state index is 14.0. The van der Waals surface area contributed by atoms with Crippen LogP contribution in [0.3, 0.4) is 0 Å². The first-order valence-corrected chi connectivity index (χ1v) is 27.8. The van der Waals surface area contributed by atoms with Gasteiger partial charge in [0.15, 0.2) is 0 Å². The van der Waals surface area contributed by atoms with E-state index in [-0.39, 0.29) is 35.7 Å². The summed E-state index contributed by atoms with van der Waals surface area (Å²) in [4.78, 5) is 73.6. The van der Waals surface area contributed by atoms with E-state index >= 15 is 0 Å². The van der Waals surface area contributed by atoms with Crippen LogP contribution >= 0.6 is 23.5 Å². The Labute approximate surface area is 426 Å². The van der Waals surface area contributed by atoms with Gasteiger partial charge in [0.2, 0.25) is 11.8 Å². The first kappa shape index (κ1) is 51.6. The Bertz CT molecular complexity index is 2800. The number of nitrogens with zero attached hydrogens (tertiary/aromatic N) is 4. The lowest BCUT2D eigenvalue weighted by atomic mass is 9.88. The van der Waals surface area contributed by atoms with Crippen LogP contribution in [0.4, 0.5) is 9.59 Å². The van der Waals surface area contributed by atoms with Gasteiger partial charge in [-0.05, 0) is 163 Å². The highest BCUT2D eigenvalue weighted by atomic mass is 32.2. The Hall–Kier alpha value is -5.74. The van der Waals surface area contributed by atoms with Crippen molar-refractivity contribution in [3.05, 3.63) is 101 Å². The second kappa shape index (κ2) is 23.2.